The number of rotatable bonds is 5. The van der Waals surface area contributed by atoms with Gasteiger partial charge >= 0.3 is 0 Å². The van der Waals surface area contributed by atoms with E-state index in [1.165, 1.54) is 5.01 Å². The molecule has 2 bridgehead atoms. The molecule has 3 atom stereocenters. The molecule has 4 rings (SSSR count). The van der Waals surface area contributed by atoms with Gasteiger partial charge in [0, 0.05) is 36.1 Å². The van der Waals surface area contributed by atoms with Gasteiger partial charge in [-0.25, -0.2) is 4.98 Å². The minimum absolute atomic E-state index is 0.133. The molecule has 2 fully saturated rings. The van der Waals surface area contributed by atoms with Crippen LogP contribution in [0.15, 0.2) is 29.9 Å². The Balaban J connectivity index is 1.45. The van der Waals surface area contributed by atoms with Gasteiger partial charge in [0.25, 0.3) is 0 Å². The molecule has 0 amide bonds. The SMILES string of the molecule is Cc1csc(CN2CCOC3CCC2C3OCc2cccnc2)n1. The Kier molecular flexibility index (Phi) is 4.89. The first-order valence-electron chi connectivity index (χ1n) is 8.57. The van der Waals surface area contributed by atoms with Crippen LogP contribution >= 0.6 is 11.3 Å². The topological polar surface area (TPSA) is 47.5 Å². The molecule has 3 unspecified atom stereocenters. The smallest absolute Gasteiger partial charge is 0.107 e. The van der Waals surface area contributed by atoms with Crippen molar-refractivity contribution in [1.82, 2.24) is 14.9 Å². The van der Waals surface area contributed by atoms with Crippen molar-refractivity contribution >= 4 is 11.3 Å². The maximum atomic E-state index is 6.29. The van der Waals surface area contributed by atoms with Crippen molar-refractivity contribution in [2.45, 2.75) is 51.2 Å². The molecule has 2 aromatic heterocycles. The zero-order valence-electron chi connectivity index (χ0n) is 13.9. The first-order valence-corrected chi connectivity index (χ1v) is 9.45. The van der Waals surface area contributed by atoms with Gasteiger partial charge in [-0.1, -0.05) is 6.07 Å². The molecule has 3 heterocycles. The van der Waals surface area contributed by atoms with Gasteiger partial charge in [0.1, 0.15) is 5.01 Å². The zero-order valence-corrected chi connectivity index (χ0v) is 14.7. The molecule has 0 spiro atoms. The molecule has 0 radical (unpaired) electrons. The van der Waals surface area contributed by atoms with Crippen LogP contribution in [-0.4, -0.2) is 46.3 Å². The van der Waals surface area contributed by atoms with Gasteiger partial charge in [0.15, 0.2) is 0 Å². The Hall–Kier alpha value is -1.34. The third-order valence-electron chi connectivity index (χ3n) is 4.84. The molecule has 1 aliphatic carbocycles. The zero-order chi connectivity index (χ0) is 16.4. The van der Waals surface area contributed by atoms with E-state index in [0.29, 0.717) is 12.6 Å². The van der Waals surface area contributed by atoms with Crippen LogP contribution in [0.3, 0.4) is 0 Å². The van der Waals surface area contributed by atoms with Gasteiger partial charge in [0.2, 0.25) is 0 Å². The number of aryl methyl sites for hydroxylation is 1. The van der Waals surface area contributed by atoms with Gasteiger partial charge < -0.3 is 9.47 Å². The fourth-order valence-corrected chi connectivity index (χ4v) is 4.50. The normalized spacial score (nSPS) is 27.3. The summed E-state index contributed by atoms with van der Waals surface area (Å²) in [4.78, 5) is 11.3. The molecule has 0 aromatic carbocycles. The molecule has 2 aromatic rings. The molecular weight excluding hydrogens is 322 g/mol. The van der Waals surface area contributed by atoms with Crippen LogP contribution in [0.4, 0.5) is 0 Å². The van der Waals surface area contributed by atoms with E-state index in [9.17, 15) is 0 Å². The van der Waals surface area contributed by atoms with Crippen LogP contribution in [0.1, 0.15) is 29.1 Å². The quantitative estimate of drug-likeness (QED) is 0.834. The summed E-state index contributed by atoms with van der Waals surface area (Å²) < 4.78 is 12.4. The molecule has 2 aliphatic rings. The largest absolute Gasteiger partial charge is 0.374 e. The predicted molar refractivity (Wildman–Crippen MR) is 92.8 cm³/mol. The number of hydrogen-bond acceptors (Lipinski definition) is 6. The third kappa shape index (κ3) is 3.52. The van der Waals surface area contributed by atoms with E-state index in [2.05, 4.69) is 33.2 Å². The Bertz CT molecular complexity index is 663. The Labute approximate surface area is 146 Å². The summed E-state index contributed by atoms with van der Waals surface area (Å²) in [5.74, 6) is 0. The molecule has 24 heavy (non-hydrogen) atoms. The van der Waals surface area contributed by atoms with E-state index < -0.39 is 0 Å². The van der Waals surface area contributed by atoms with E-state index in [0.717, 1.165) is 43.8 Å². The van der Waals surface area contributed by atoms with Crippen molar-refractivity contribution in [2.24, 2.45) is 0 Å². The van der Waals surface area contributed by atoms with Crippen LogP contribution < -0.4 is 0 Å². The predicted octanol–water partition coefficient (Wildman–Crippen LogP) is 2.80. The molecule has 6 heteroatoms. The van der Waals surface area contributed by atoms with Gasteiger partial charge in [-0.2, -0.15) is 0 Å². The summed E-state index contributed by atoms with van der Waals surface area (Å²) in [7, 11) is 0. The molecule has 1 aliphatic heterocycles. The average molecular weight is 345 g/mol. The minimum Gasteiger partial charge on any atom is -0.374 e. The lowest BCUT2D eigenvalue weighted by Gasteiger charge is -2.30. The van der Waals surface area contributed by atoms with E-state index in [4.69, 9.17) is 9.47 Å². The molecule has 128 valence electrons. The number of thiazole rings is 1. The highest BCUT2D eigenvalue weighted by Gasteiger charge is 2.43. The second-order valence-corrected chi connectivity index (χ2v) is 7.49. The number of pyridine rings is 1. The van der Waals surface area contributed by atoms with E-state index >= 15 is 0 Å². The summed E-state index contributed by atoms with van der Waals surface area (Å²) in [6.07, 6.45) is 6.22. The van der Waals surface area contributed by atoms with Crippen LogP contribution in [0, 0.1) is 6.92 Å². The van der Waals surface area contributed by atoms with Crippen molar-refractivity contribution in [3.8, 4) is 0 Å². The number of fused-ring (bicyclic) bond motifs is 2. The fourth-order valence-electron chi connectivity index (χ4n) is 3.71. The highest BCUT2D eigenvalue weighted by atomic mass is 32.1. The number of aromatic nitrogens is 2. The molecular formula is C18H23N3O2S. The average Bonchev–Trinajstić information content (AvgIpc) is 3.13. The lowest BCUT2D eigenvalue weighted by molar-refractivity contribution is -0.0614. The Morgan fingerprint density at radius 2 is 2.38 bits per heavy atom. The lowest BCUT2D eigenvalue weighted by Crippen LogP contribution is -2.42. The van der Waals surface area contributed by atoms with Crippen molar-refractivity contribution in [3.05, 3.63) is 46.2 Å². The second kappa shape index (κ2) is 7.27. The summed E-state index contributed by atoms with van der Waals surface area (Å²) in [5, 5.41) is 3.31. The van der Waals surface area contributed by atoms with Crippen LogP contribution in [0.25, 0.3) is 0 Å². The van der Waals surface area contributed by atoms with Crippen molar-refractivity contribution < 1.29 is 9.47 Å². The fraction of sp³-hybridized carbons (Fsp3) is 0.556. The highest BCUT2D eigenvalue weighted by molar-refractivity contribution is 7.09. The second-order valence-electron chi connectivity index (χ2n) is 6.54. The highest BCUT2D eigenvalue weighted by Crippen LogP contribution is 2.33. The summed E-state index contributed by atoms with van der Waals surface area (Å²) >= 11 is 1.74. The van der Waals surface area contributed by atoms with Crippen LogP contribution in [0.2, 0.25) is 0 Å². The van der Waals surface area contributed by atoms with E-state index in [1.807, 2.05) is 12.3 Å². The van der Waals surface area contributed by atoms with Crippen molar-refractivity contribution in [1.29, 1.82) is 0 Å². The van der Waals surface area contributed by atoms with Crippen LogP contribution in [-0.2, 0) is 22.6 Å². The van der Waals surface area contributed by atoms with Crippen molar-refractivity contribution in [2.75, 3.05) is 13.2 Å². The summed E-state index contributed by atoms with van der Waals surface area (Å²) in [5.41, 5.74) is 2.22. The molecule has 1 saturated heterocycles. The van der Waals surface area contributed by atoms with Crippen molar-refractivity contribution in [3.63, 3.8) is 0 Å². The lowest BCUT2D eigenvalue weighted by atomic mass is 10.1. The number of ether oxygens (including phenoxy) is 2. The van der Waals surface area contributed by atoms with Crippen LogP contribution in [0.5, 0.6) is 0 Å². The molecule has 0 N–H and O–H groups in total. The third-order valence-corrected chi connectivity index (χ3v) is 5.79. The van der Waals surface area contributed by atoms with Gasteiger partial charge in [-0.15, -0.1) is 11.3 Å². The Morgan fingerprint density at radius 1 is 1.42 bits per heavy atom. The molecule has 5 nitrogen and oxygen atoms in total. The maximum absolute atomic E-state index is 6.29. The first kappa shape index (κ1) is 16.1. The van der Waals surface area contributed by atoms with Gasteiger partial charge in [-0.3, -0.25) is 9.88 Å². The van der Waals surface area contributed by atoms with Gasteiger partial charge in [0.05, 0.1) is 32.0 Å². The maximum Gasteiger partial charge on any atom is 0.107 e. The molecule has 1 saturated carbocycles. The minimum atomic E-state index is 0.133. The standard InChI is InChI=1S/C18H23N3O2S/c1-13-12-24-17(20-13)10-21-7-8-22-16-5-4-15(21)18(16)23-11-14-3-2-6-19-9-14/h2-3,6,9,12,15-16,18H,4-5,7-8,10-11H2,1H3. The monoisotopic (exact) mass is 345 g/mol. The Morgan fingerprint density at radius 3 is 3.17 bits per heavy atom. The number of nitrogens with zero attached hydrogens (tertiary/aromatic N) is 3. The van der Waals surface area contributed by atoms with E-state index in [1.54, 1.807) is 17.5 Å². The summed E-state index contributed by atoms with van der Waals surface area (Å²) in [6, 6.07) is 4.43. The number of hydrogen-bond donors (Lipinski definition) is 0. The van der Waals surface area contributed by atoms with E-state index in [-0.39, 0.29) is 12.2 Å². The van der Waals surface area contributed by atoms with Gasteiger partial charge in [-0.05, 0) is 31.4 Å². The first-order chi connectivity index (χ1) is 11.8. The summed E-state index contributed by atoms with van der Waals surface area (Å²) in [6.45, 7) is 5.27.